The van der Waals surface area contributed by atoms with E-state index in [0.717, 1.165) is 22.2 Å². The molecule has 1 heterocycles. The van der Waals surface area contributed by atoms with E-state index in [0.29, 0.717) is 32.4 Å². The smallest absolute Gasteiger partial charge is 0.264 e. The predicted octanol–water partition coefficient (Wildman–Crippen LogP) is 2.00. The van der Waals surface area contributed by atoms with Crippen LogP contribution in [0.5, 0.6) is 5.75 Å². The van der Waals surface area contributed by atoms with Crippen molar-refractivity contribution in [2.45, 2.75) is 32.7 Å². The Balaban J connectivity index is 2.16. The van der Waals surface area contributed by atoms with E-state index in [1.807, 2.05) is 24.4 Å². The molecule has 0 fully saturated rings. The maximum Gasteiger partial charge on any atom is 0.264 e. The van der Waals surface area contributed by atoms with Gasteiger partial charge in [0.15, 0.2) is 0 Å². The second-order valence-electron chi connectivity index (χ2n) is 5.96. The topological polar surface area (TPSA) is 97.6 Å². The summed E-state index contributed by atoms with van der Waals surface area (Å²) in [6.45, 7) is 2.69. The van der Waals surface area contributed by atoms with Crippen LogP contribution in [0.2, 0.25) is 0 Å². The van der Waals surface area contributed by atoms with Crippen molar-refractivity contribution in [2.24, 2.45) is 0 Å². The number of nitrogens with zero attached hydrogens (tertiary/aromatic N) is 1. The number of hydrogen-bond acceptors (Lipinski definition) is 4. The average molecular weight is 368 g/mol. The number of amides is 1. The van der Waals surface area contributed by atoms with Gasteiger partial charge in [0.05, 0.1) is 12.9 Å². The molecule has 138 valence electrons. The van der Waals surface area contributed by atoms with Crippen LogP contribution in [-0.2, 0) is 27.9 Å². The van der Waals surface area contributed by atoms with Gasteiger partial charge in [-0.15, -0.1) is 0 Å². The molecule has 1 aromatic heterocycles. The van der Waals surface area contributed by atoms with Crippen molar-refractivity contribution in [3.8, 4) is 5.75 Å². The number of nitrogens with one attached hydrogen (secondary N) is 1. The Morgan fingerprint density at radius 1 is 1.32 bits per heavy atom. The number of hydrogen-bond donors (Lipinski definition) is 2. The third-order valence-corrected chi connectivity index (χ3v) is 4.79. The van der Waals surface area contributed by atoms with Gasteiger partial charge in [0, 0.05) is 37.1 Å². The quantitative estimate of drug-likeness (QED) is 0.521. The van der Waals surface area contributed by atoms with E-state index in [1.54, 1.807) is 7.11 Å². The highest BCUT2D eigenvalue weighted by Gasteiger charge is 2.11. The molecule has 1 amide bonds. The molecule has 2 N–H and O–H groups in total. The Labute approximate surface area is 147 Å². The largest absolute Gasteiger partial charge is 0.497 e. The van der Waals surface area contributed by atoms with Crippen molar-refractivity contribution >= 4 is 26.9 Å². The molecule has 2 rings (SSSR count). The fraction of sp³-hybridized carbons (Fsp3) is 0.471. The van der Waals surface area contributed by atoms with Gasteiger partial charge in [0.25, 0.3) is 10.1 Å². The molecular weight excluding hydrogens is 344 g/mol. The fourth-order valence-electron chi connectivity index (χ4n) is 2.80. The number of ether oxygens (including phenoxy) is 1. The lowest BCUT2D eigenvalue weighted by Gasteiger charge is -2.06. The van der Waals surface area contributed by atoms with Crippen LogP contribution in [0, 0.1) is 0 Å². The standard InChI is InChI=1S/C17H24N2O5S/c1-13(20)18-8-7-14-12-19(9-3-4-10-25(21,22)23)17-6-5-15(24-2)11-16(14)17/h5-6,11-12H,3-4,7-10H2,1-2H3,(H,18,20)(H,21,22,23). The number of aryl methyl sites for hydroxylation is 1. The number of carbonyl (C=O) groups is 1. The molecule has 0 bridgehead atoms. The minimum Gasteiger partial charge on any atom is -0.497 e. The van der Waals surface area contributed by atoms with Crippen LogP contribution in [0.25, 0.3) is 10.9 Å². The number of rotatable bonds is 9. The number of fused-ring (bicyclic) bond motifs is 1. The first-order valence-electron chi connectivity index (χ1n) is 8.15. The second kappa shape index (κ2) is 8.35. The number of benzene rings is 1. The molecule has 0 spiro atoms. The van der Waals surface area contributed by atoms with Gasteiger partial charge >= 0.3 is 0 Å². The van der Waals surface area contributed by atoms with Gasteiger partial charge in [0.1, 0.15) is 5.75 Å². The van der Waals surface area contributed by atoms with Gasteiger partial charge in [-0.3, -0.25) is 9.35 Å². The van der Waals surface area contributed by atoms with Crippen molar-refractivity contribution in [3.63, 3.8) is 0 Å². The number of methoxy groups -OCH3 is 1. The molecule has 0 unspecified atom stereocenters. The lowest BCUT2D eigenvalue weighted by Crippen LogP contribution is -2.22. The van der Waals surface area contributed by atoms with E-state index in [2.05, 4.69) is 9.88 Å². The molecule has 0 aliphatic carbocycles. The second-order valence-corrected chi connectivity index (χ2v) is 7.53. The Morgan fingerprint density at radius 2 is 2.08 bits per heavy atom. The van der Waals surface area contributed by atoms with Crippen molar-refractivity contribution in [1.29, 1.82) is 0 Å². The van der Waals surface area contributed by atoms with E-state index in [1.165, 1.54) is 6.92 Å². The lowest BCUT2D eigenvalue weighted by atomic mass is 10.1. The van der Waals surface area contributed by atoms with E-state index in [-0.39, 0.29) is 11.7 Å². The summed E-state index contributed by atoms with van der Waals surface area (Å²) in [5.41, 5.74) is 2.13. The molecule has 0 aliphatic rings. The van der Waals surface area contributed by atoms with Crippen molar-refractivity contribution in [3.05, 3.63) is 30.0 Å². The van der Waals surface area contributed by atoms with Gasteiger partial charge < -0.3 is 14.6 Å². The first kappa shape index (κ1) is 19.3. The molecule has 0 atom stereocenters. The molecule has 2 aromatic rings. The Kier molecular flexibility index (Phi) is 6.44. The molecule has 0 radical (unpaired) electrons. The minimum atomic E-state index is -3.91. The summed E-state index contributed by atoms with van der Waals surface area (Å²) in [7, 11) is -2.30. The third-order valence-electron chi connectivity index (χ3n) is 3.99. The maximum atomic E-state index is 11.1. The van der Waals surface area contributed by atoms with Crippen molar-refractivity contribution in [1.82, 2.24) is 9.88 Å². The molecular formula is C17H24N2O5S. The number of carbonyl (C=O) groups excluding carboxylic acids is 1. The van der Waals surface area contributed by atoms with Gasteiger partial charge in [-0.2, -0.15) is 8.42 Å². The van der Waals surface area contributed by atoms with Gasteiger partial charge in [0.2, 0.25) is 5.91 Å². The van der Waals surface area contributed by atoms with Crippen LogP contribution in [0.15, 0.2) is 24.4 Å². The maximum absolute atomic E-state index is 11.1. The third kappa shape index (κ3) is 5.75. The fourth-order valence-corrected chi connectivity index (χ4v) is 3.37. The SMILES string of the molecule is COc1ccc2c(c1)c(CCNC(C)=O)cn2CCCCS(=O)(=O)O. The summed E-state index contributed by atoms with van der Waals surface area (Å²) in [5.74, 6) is 0.471. The van der Waals surface area contributed by atoms with Crippen LogP contribution < -0.4 is 10.1 Å². The Hall–Kier alpha value is -2.06. The summed E-state index contributed by atoms with van der Waals surface area (Å²) in [6.07, 6.45) is 3.76. The lowest BCUT2D eigenvalue weighted by molar-refractivity contribution is -0.118. The van der Waals surface area contributed by atoms with E-state index in [9.17, 15) is 13.2 Å². The predicted molar refractivity (Wildman–Crippen MR) is 96.5 cm³/mol. The van der Waals surface area contributed by atoms with Gasteiger partial charge in [-0.05, 0) is 43.0 Å². The van der Waals surface area contributed by atoms with Crippen LogP contribution in [0.4, 0.5) is 0 Å². The highest BCUT2D eigenvalue weighted by molar-refractivity contribution is 7.85. The van der Waals surface area contributed by atoms with Gasteiger partial charge in [-0.25, -0.2) is 0 Å². The van der Waals surface area contributed by atoms with Crippen molar-refractivity contribution < 1.29 is 22.5 Å². The summed E-state index contributed by atoms with van der Waals surface area (Å²) in [6, 6.07) is 5.82. The van der Waals surface area contributed by atoms with E-state index >= 15 is 0 Å². The molecule has 1 aromatic carbocycles. The molecule has 8 heteroatoms. The first-order chi connectivity index (χ1) is 11.8. The van der Waals surface area contributed by atoms with E-state index < -0.39 is 10.1 Å². The van der Waals surface area contributed by atoms with Crippen LogP contribution in [-0.4, -0.2) is 42.9 Å². The molecule has 0 aliphatic heterocycles. The summed E-state index contributed by atoms with van der Waals surface area (Å²) in [5, 5.41) is 3.85. The zero-order chi connectivity index (χ0) is 18.4. The zero-order valence-corrected chi connectivity index (χ0v) is 15.3. The number of aromatic nitrogens is 1. The first-order valence-corrected chi connectivity index (χ1v) is 9.76. The Morgan fingerprint density at radius 3 is 2.72 bits per heavy atom. The normalized spacial score (nSPS) is 11.6. The highest BCUT2D eigenvalue weighted by Crippen LogP contribution is 2.26. The zero-order valence-electron chi connectivity index (χ0n) is 14.5. The van der Waals surface area contributed by atoms with Crippen molar-refractivity contribution in [2.75, 3.05) is 19.4 Å². The molecule has 25 heavy (non-hydrogen) atoms. The molecule has 0 saturated carbocycles. The van der Waals surface area contributed by atoms with Crippen LogP contribution >= 0.6 is 0 Å². The van der Waals surface area contributed by atoms with Crippen LogP contribution in [0.3, 0.4) is 0 Å². The highest BCUT2D eigenvalue weighted by atomic mass is 32.2. The summed E-state index contributed by atoms with van der Waals surface area (Å²) in [4.78, 5) is 11.1. The summed E-state index contributed by atoms with van der Waals surface area (Å²) >= 11 is 0. The number of unbranched alkanes of at least 4 members (excludes halogenated alkanes) is 1. The van der Waals surface area contributed by atoms with E-state index in [4.69, 9.17) is 9.29 Å². The molecule has 7 nitrogen and oxygen atoms in total. The summed E-state index contributed by atoms with van der Waals surface area (Å²) < 4.78 is 37.8. The average Bonchev–Trinajstić information content (AvgIpc) is 2.87. The molecule has 0 saturated heterocycles. The Bertz CT molecular complexity index is 842. The minimum absolute atomic E-state index is 0.0634. The van der Waals surface area contributed by atoms with Gasteiger partial charge in [-0.1, -0.05) is 0 Å². The monoisotopic (exact) mass is 368 g/mol. The van der Waals surface area contributed by atoms with Crippen LogP contribution in [0.1, 0.15) is 25.3 Å².